The molecule has 0 aliphatic heterocycles. The Labute approximate surface area is 175 Å². The van der Waals surface area contributed by atoms with Gasteiger partial charge in [0.15, 0.2) is 0 Å². The molecule has 0 saturated carbocycles. The number of nitriles is 1. The number of nitrogens with one attached hydrogen (secondary N) is 2. The summed E-state index contributed by atoms with van der Waals surface area (Å²) in [7, 11) is 0. The molecule has 150 valence electrons. The van der Waals surface area contributed by atoms with Crippen molar-refractivity contribution in [1.29, 1.82) is 5.26 Å². The molecular weight excluding hydrogens is 382 g/mol. The summed E-state index contributed by atoms with van der Waals surface area (Å²) in [6.45, 7) is 4.97. The molecule has 0 radical (unpaired) electrons. The predicted molar refractivity (Wildman–Crippen MR) is 117 cm³/mol. The van der Waals surface area contributed by atoms with E-state index in [1.54, 1.807) is 23.9 Å². The van der Waals surface area contributed by atoms with E-state index in [9.17, 15) is 4.79 Å². The number of nitrogens with zero attached hydrogens (tertiary/aromatic N) is 3. The van der Waals surface area contributed by atoms with Crippen LogP contribution in [-0.4, -0.2) is 28.0 Å². The van der Waals surface area contributed by atoms with Crippen LogP contribution >= 0.6 is 11.3 Å². The normalized spacial score (nSPS) is 11.8. The fourth-order valence-corrected chi connectivity index (χ4v) is 3.95. The molecule has 2 N–H and O–H groups in total. The van der Waals surface area contributed by atoms with Crippen LogP contribution < -0.4 is 10.6 Å². The monoisotopic (exact) mass is 407 g/mol. The maximum atomic E-state index is 12.5. The third kappa shape index (κ3) is 5.69. The molecule has 0 spiro atoms. The van der Waals surface area contributed by atoms with Crippen molar-refractivity contribution >= 4 is 22.9 Å². The Morgan fingerprint density at radius 3 is 2.72 bits per heavy atom. The van der Waals surface area contributed by atoms with Crippen molar-refractivity contribution in [1.82, 2.24) is 14.9 Å². The Bertz CT molecular complexity index is 954. The van der Waals surface area contributed by atoms with Crippen LogP contribution in [0.25, 0.3) is 11.1 Å². The molecule has 0 unspecified atom stereocenters. The third-order valence-corrected chi connectivity index (χ3v) is 5.29. The number of benzene rings is 1. The Balaban J connectivity index is 1.75. The maximum Gasteiger partial charge on any atom is 0.243 e. The summed E-state index contributed by atoms with van der Waals surface area (Å²) in [5.74, 6) is 0.206. The summed E-state index contributed by atoms with van der Waals surface area (Å²) in [5, 5.41) is 18.9. The molecular formula is C22H25N5OS. The topological polar surface area (TPSA) is 82.7 Å². The molecule has 1 aromatic carbocycles. The van der Waals surface area contributed by atoms with E-state index in [1.165, 1.54) is 5.56 Å². The zero-order valence-corrected chi connectivity index (χ0v) is 17.4. The van der Waals surface area contributed by atoms with Gasteiger partial charge in [-0.2, -0.15) is 5.26 Å². The minimum atomic E-state index is -0.378. The number of imidazole rings is 1. The van der Waals surface area contributed by atoms with Crippen LogP contribution in [0, 0.1) is 17.2 Å². The molecule has 2 aromatic heterocycles. The summed E-state index contributed by atoms with van der Waals surface area (Å²) in [6, 6.07) is 10.0. The first kappa shape index (κ1) is 20.6. The SMILES string of the molecule is CC(C)C[C@H](Nc1cscc1-c1ccc(Cn2ccnc2)cc1)C(=O)NCC#N. The molecule has 7 heteroatoms. The van der Waals surface area contributed by atoms with Crippen LogP contribution in [0.4, 0.5) is 5.69 Å². The molecule has 0 bridgehead atoms. The molecule has 6 nitrogen and oxygen atoms in total. The number of thiophene rings is 1. The first-order valence-corrected chi connectivity index (χ1v) is 10.5. The van der Waals surface area contributed by atoms with Crippen molar-refractivity contribution in [2.24, 2.45) is 5.92 Å². The van der Waals surface area contributed by atoms with Gasteiger partial charge >= 0.3 is 0 Å². The van der Waals surface area contributed by atoms with E-state index in [0.29, 0.717) is 12.3 Å². The predicted octanol–water partition coefficient (Wildman–Crippen LogP) is 4.13. The van der Waals surface area contributed by atoms with Crippen molar-refractivity contribution in [3.05, 3.63) is 59.3 Å². The summed E-state index contributed by atoms with van der Waals surface area (Å²) in [5.41, 5.74) is 4.31. The van der Waals surface area contributed by atoms with Gasteiger partial charge in [0, 0.05) is 35.3 Å². The van der Waals surface area contributed by atoms with Crippen LogP contribution in [0.5, 0.6) is 0 Å². The minimum absolute atomic E-state index is 0.0178. The number of aromatic nitrogens is 2. The lowest BCUT2D eigenvalue weighted by molar-refractivity contribution is -0.121. The Morgan fingerprint density at radius 2 is 2.07 bits per heavy atom. The molecule has 0 saturated heterocycles. The molecule has 1 atom stereocenters. The van der Waals surface area contributed by atoms with Crippen LogP contribution in [-0.2, 0) is 11.3 Å². The lowest BCUT2D eigenvalue weighted by Crippen LogP contribution is -2.40. The fourth-order valence-electron chi connectivity index (χ4n) is 3.15. The quantitative estimate of drug-likeness (QED) is 0.523. The van der Waals surface area contributed by atoms with Gasteiger partial charge in [0.1, 0.15) is 12.6 Å². The Morgan fingerprint density at radius 1 is 1.28 bits per heavy atom. The average Bonchev–Trinajstić information content (AvgIpc) is 3.38. The van der Waals surface area contributed by atoms with Crippen LogP contribution in [0.15, 0.2) is 53.7 Å². The van der Waals surface area contributed by atoms with Crippen LogP contribution in [0.3, 0.4) is 0 Å². The number of rotatable bonds is 9. The van der Waals surface area contributed by atoms with Crippen molar-refractivity contribution in [2.75, 3.05) is 11.9 Å². The molecule has 29 heavy (non-hydrogen) atoms. The summed E-state index contributed by atoms with van der Waals surface area (Å²) >= 11 is 1.60. The van der Waals surface area contributed by atoms with E-state index in [1.807, 2.05) is 22.2 Å². The van der Waals surface area contributed by atoms with Crippen LogP contribution in [0.1, 0.15) is 25.8 Å². The molecule has 2 heterocycles. The van der Waals surface area contributed by atoms with Gasteiger partial charge in [-0.25, -0.2) is 4.98 Å². The largest absolute Gasteiger partial charge is 0.372 e. The molecule has 1 amide bonds. The average molecular weight is 408 g/mol. The first-order valence-electron chi connectivity index (χ1n) is 9.59. The number of carbonyl (C=O) groups is 1. The lowest BCUT2D eigenvalue weighted by Gasteiger charge is -2.21. The molecule has 0 fully saturated rings. The minimum Gasteiger partial charge on any atom is -0.372 e. The standard InChI is InChI=1S/C22H25N5OS/c1-16(2)11-20(22(28)25-8-7-23)26-21-14-29-13-19(21)18-5-3-17(4-6-18)12-27-10-9-24-15-27/h3-6,9-10,13-16,20,26H,8,11-12H2,1-2H3,(H,25,28)/t20-/m0/s1. The molecule has 3 rings (SSSR count). The highest BCUT2D eigenvalue weighted by Crippen LogP contribution is 2.33. The van der Waals surface area contributed by atoms with Crippen LogP contribution in [0.2, 0.25) is 0 Å². The van der Waals surface area contributed by atoms with Crippen molar-refractivity contribution in [3.63, 3.8) is 0 Å². The van der Waals surface area contributed by atoms with E-state index in [-0.39, 0.29) is 18.5 Å². The highest BCUT2D eigenvalue weighted by molar-refractivity contribution is 7.08. The molecule has 0 aliphatic carbocycles. The smallest absolute Gasteiger partial charge is 0.243 e. The van der Waals surface area contributed by atoms with E-state index < -0.39 is 0 Å². The van der Waals surface area contributed by atoms with E-state index in [4.69, 9.17) is 5.26 Å². The zero-order chi connectivity index (χ0) is 20.6. The second-order valence-corrected chi connectivity index (χ2v) is 8.08. The third-order valence-electron chi connectivity index (χ3n) is 4.55. The van der Waals surface area contributed by atoms with Gasteiger partial charge in [-0.05, 0) is 23.5 Å². The van der Waals surface area contributed by atoms with Crippen molar-refractivity contribution in [3.8, 4) is 17.2 Å². The number of hydrogen-bond acceptors (Lipinski definition) is 5. The second kappa shape index (κ2) is 9.89. The number of carbonyl (C=O) groups excluding carboxylic acids is 1. The highest BCUT2D eigenvalue weighted by atomic mass is 32.1. The maximum absolute atomic E-state index is 12.5. The second-order valence-electron chi connectivity index (χ2n) is 7.33. The van der Waals surface area contributed by atoms with Gasteiger partial charge in [-0.1, -0.05) is 38.1 Å². The number of hydrogen-bond donors (Lipinski definition) is 2. The highest BCUT2D eigenvalue weighted by Gasteiger charge is 2.21. The zero-order valence-electron chi connectivity index (χ0n) is 16.6. The number of amides is 1. The van der Waals surface area contributed by atoms with Crippen molar-refractivity contribution < 1.29 is 4.79 Å². The Hall–Kier alpha value is -3.11. The lowest BCUT2D eigenvalue weighted by atomic mass is 10.0. The molecule has 0 aliphatic rings. The summed E-state index contributed by atoms with van der Waals surface area (Å²) in [4.78, 5) is 16.6. The van der Waals surface area contributed by atoms with E-state index >= 15 is 0 Å². The fraction of sp³-hybridized carbons (Fsp3) is 0.318. The van der Waals surface area contributed by atoms with Gasteiger partial charge in [0.05, 0.1) is 18.1 Å². The van der Waals surface area contributed by atoms with E-state index in [2.05, 4.69) is 59.1 Å². The van der Waals surface area contributed by atoms with Crippen molar-refractivity contribution in [2.45, 2.75) is 32.9 Å². The van der Waals surface area contributed by atoms with E-state index in [0.717, 1.165) is 23.4 Å². The van der Waals surface area contributed by atoms with Gasteiger partial charge in [-0.3, -0.25) is 4.79 Å². The van der Waals surface area contributed by atoms with Gasteiger partial charge in [0.2, 0.25) is 5.91 Å². The summed E-state index contributed by atoms with van der Waals surface area (Å²) in [6.07, 6.45) is 6.22. The Kier molecular flexibility index (Phi) is 7.04. The first-order chi connectivity index (χ1) is 14.1. The molecule has 3 aromatic rings. The summed E-state index contributed by atoms with van der Waals surface area (Å²) < 4.78 is 2.03. The number of anilines is 1. The van der Waals surface area contributed by atoms with Gasteiger partial charge in [0.25, 0.3) is 0 Å². The van der Waals surface area contributed by atoms with Gasteiger partial charge in [-0.15, -0.1) is 11.3 Å². The van der Waals surface area contributed by atoms with Gasteiger partial charge < -0.3 is 15.2 Å².